The third-order valence-electron chi connectivity index (χ3n) is 5.24. The lowest BCUT2D eigenvalue weighted by atomic mass is 9.88. The number of carbonyl (C=O) groups is 2. The molecule has 1 aliphatic rings. The van der Waals surface area contributed by atoms with Crippen molar-refractivity contribution >= 4 is 11.9 Å². The van der Waals surface area contributed by atoms with Crippen LogP contribution in [-0.2, 0) is 6.42 Å². The zero-order chi connectivity index (χ0) is 19.6. The number of nitrogens with one attached hydrogen (secondary N) is 1. The van der Waals surface area contributed by atoms with Crippen molar-refractivity contribution in [2.45, 2.75) is 33.1 Å². The summed E-state index contributed by atoms with van der Waals surface area (Å²) in [5.41, 5.74) is 2.49. The fourth-order valence-electron chi connectivity index (χ4n) is 3.84. The van der Waals surface area contributed by atoms with Gasteiger partial charge >= 0.3 is 5.97 Å². The van der Waals surface area contributed by atoms with Gasteiger partial charge in [-0.3, -0.25) is 9.59 Å². The van der Waals surface area contributed by atoms with Gasteiger partial charge in [0.05, 0.1) is 5.56 Å². The van der Waals surface area contributed by atoms with Crippen LogP contribution in [0, 0.1) is 19.8 Å². The van der Waals surface area contributed by atoms with Crippen LogP contribution in [0.1, 0.15) is 50.4 Å². The monoisotopic (exact) mass is 368 g/mol. The van der Waals surface area contributed by atoms with Gasteiger partial charge in [-0.1, -0.05) is 18.2 Å². The predicted molar refractivity (Wildman–Crippen MR) is 102 cm³/mol. The molecule has 0 atom stereocenters. The van der Waals surface area contributed by atoms with Crippen LogP contribution in [0.4, 0.5) is 0 Å². The molecule has 1 aromatic heterocycles. The largest absolute Gasteiger partial charge is 0.478 e. The fourth-order valence-corrected chi connectivity index (χ4v) is 3.84. The molecule has 6 heteroatoms. The van der Waals surface area contributed by atoms with Crippen molar-refractivity contribution < 1.29 is 14.7 Å². The van der Waals surface area contributed by atoms with Crippen molar-refractivity contribution in [2.24, 2.45) is 5.92 Å². The summed E-state index contributed by atoms with van der Waals surface area (Å²) in [5.74, 6) is -0.808. The minimum Gasteiger partial charge on any atom is -0.478 e. The molecular weight excluding hydrogens is 344 g/mol. The molecule has 0 unspecified atom stereocenters. The van der Waals surface area contributed by atoms with Crippen molar-refractivity contribution in [1.29, 1.82) is 0 Å². The SMILES string of the molecule is Cc1cc(C)c(C(=O)N2CCC(Cc3ccccc3C(=O)O)CC2)c(=O)[nH]1. The zero-order valence-corrected chi connectivity index (χ0v) is 15.6. The van der Waals surface area contributed by atoms with Crippen LogP contribution in [-0.4, -0.2) is 40.0 Å². The van der Waals surface area contributed by atoms with Gasteiger partial charge in [0.25, 0.3) is 11.5 Å². The minimum absolute atomic E-state index is 0.218. The van der Waals surface area contributed by atoms with E-state index in [-0.39, 0.29) is 17.0 Å². The Balaban J connectivity index is 1.67. The maximum Gasteiger partial charge on any atom is 0.335 e. The standard InChI is InChI=1S/C21H24N2O4/c1-13-11-14(2)22-19(24)18(13)20(25)23-9-7-15(8-10-23)12-16-5-3-4-6-17(16)21(26)27/h3-6,11,15H,7-10,12H2,1-2H3,(H,22,24)(H,26,27). The van der Waals surface area contributed by atoms with E-state index in [1.165, 1.54) is 0 Å². The van der Waals surface area contributed by atoms with E-state index in [9.17, 15) is 19.5 Å². The second kappa shape index (κ2) is 7.78. The maximum absolute atomic E-state index is 12.8. The fraction of sp³-hybridized carbons (Fsp3) is 0.381. The number of rotatable bonds is 4. The molecule has 0 radical (unpaired) electrons. The number of amides is 1. The van der Waals surface area contributed by atoms with Gasteiger partial charge in [-0.25, -0.2) is 4.79 Å². The third kappa shape index (κ3) is 4.10. The Morgan fingerprint density at radius 3 is 2.48 bits per heavy atom. The molecule has 0 aliphatic carbocycles. The number of aromatic carboxylic acids is 1. The van der Waals surface area contributed by atoms with Crippen molar-refractivity contribution in [2.75, 3.05) is 13.1 Å². The predicted octanol–water partition coefficient (Wildman–Crippen LogP) is 2.78. The van der Waals surface area contributed by atoms with Gasteiger partial charge < -0.3 is 15.0 Å². The van der Waals surface area contributed by atoms with Gasteiger partial charge in [0.15, 0.2) is 0 Å². The van der Waals surface area contributed by atoms with Crippen LogP contribution in [0.3, 0.4) is 0 Å². The molecule has 0 bridgehead atoms. The van der Waals surface area contributed by atoms with Crippen molar-refractivity contribution in [3.63, 3.8) is 0 Å². The van der Waals surface area contributed by atoms with Crippen LogP contribution in [0.15, 0.2) is 35.1 Å². The number of likely N-dealkylation sites (tertiary alicyclic amines) is 1. The topological polar surface area (TPSA) is 90.5 Å². The summed E-state index contributed by atoms with van der Waals surface area (Å²) >= 11 is 0. The molecule has 6 nitrogen and oxygen atoms in total. The summed E-state index contributed by atoms with van der Waals surface area (Å²) in [6, 6.07) is 8.88. The number of H-pyrrole nitrogens is 1. The van der Waals surface area contributed by atoms with Gasteiger partial charge in [-0.15, -0.1) is 0 Å². The van der Waals surface area contributed by atoms with Crippen molar-refractivity contribution in [3.05, 3.63) is 68.6 Å². The van der Waals surface area contributed by atoms with E-state index < -0.39 is 5.97 Å². The normalized spacial score (nSPS) is 15.0. The molecule has 1 fully saturated rings. The second-order valence-electron chi connectivity index (χ2n) is 7.24. The Kier molecular flexibility index (Phi) is 5.44. The molecule has 1 aliphatic heterocycles. The van der Waals surface area contributed by atoms with E-state index in [0.717, 1.165) is 24.1 Å². The number of aryl methyl sites for hydroxylation is 2. The number of benzene rings is 1. The number of carbonyl (C=O) groups excluding carboxylic acids is 1. The Morgan fingerprint density at radius 2 is 1.85 bits per heavy atom. The summed E-state index contributed by atoms with van der Waals surface area (Å²) in [4.78, 5) is 40.8. The summed E-state index contributed by atoms with van der Waals surface area (Å²) in [6.07, 6.45) is 2.28. The Labute approximate surface area is 157 Å². The first-order valence-corrected chi connectivity index (χ1v) is 9.18. The van der Waals surface area contributed by atoms with E-state index in [4.69, 9.17) is 0 Å². The first kappa shape index (κ1) is 18.9. The van der Waals surface area contributed by atoms with Crippen molar-refractivity contribution in [3.8, 4) is 0 Å². The highest BCUT2D eigenvalue weighted by molar-refractivity contribution is 5.95. The first-order chi connectivity index (χ1) is 12.9. The van der Waals surface area contributed by atoms with E-state index in [2.05, 4.69) is 4.98 Å². The highest BCUT2D eigenvalue weighted by atomic mass is 16.4. The highest BCUT2D eigenvalue weighted by Crippen LogP contribution is 2.24. The average molecular weight is 368 g/mol. The zero-order valence-electron chi connectivity index (χ0n) is 15.6. The number of carboxylic acid groups (broad SMARTS) is 1. The number of hydrogen-bond donors (Lipinski definition) is 2. The van der Waals surface area contributed by atoms with Crippen LogP contribution < -0.4 is 5.56 Å². The van der Waals surface area contributed by atoms with Gasteiger partial charge in [0.1, 0.15) is 5.56 Å². The lowest BCUT2D eigenvalue weighted by Crippen LogP contribution is -2.41. The second-order valence-corrected chi connectivity index (χ2v) is 7.24. The summed E-state index contributed by atoms with van der Waals surface area (Å²) in [6.45, 7) is 4.73. The molecular formula is C21H24N2O4. The number of aromatic amines is 1. The Hall–Kier alpha value is -2.89. The van der Waals surface area contributed by atoms with Gasteiger partial charge in [-0.05, 0) is 62.3 Å². The number of carboxylic acids is 1. The van der Waals surface area contributed by atoms with Crippen LogP contribution in [0.2, 0.25) is 0 Å². The van der Waals surface area contributed by atoms with E-state index >= 15 is 0 Å². The van der Waals surface area contributed by atoms with Gasteiger partial charge in [0, 0.05) is 18.8 Å². The van der Waals surface area contributed by atoms with Crippen molar-refractivity contribution in [1.82, 2.24) is 9.88 Å². The third-order valence-corrected chi connectivity index (χ3v) is 5.24. The Bertz CT molecular complexity index is 924. The molecule has 1 amide bonds. The number of nitrogens with zero attached hydrogens (tertiary/aromatic N) is 1. The molecule has 1 aromatic carbocycles. The molecule has 2 N–H and O–H groups in total. The van der Waals surface area contributed by atoms with Gasteiger partial charge in [-0.2, -0.15) is 0 Å². The number of aromatic nitrogens is 1. The average Bonchev–Trinajstić information content (AvgIpc) is 2.61. The highest BCUT2D eigenvalue weighted by Gasteiger charge is 2.27. The molecule has 1 saturated heterocycles. The molecule has 2 heterocycles. The molecule has 0 saturated carbocycles. The summed E-state index contributed by atoms with van der Waals surface area (Å²) in [5, 5.41) is 9.32. The van der Waals surface area contributed by atoms with E-state index in [0.29, 0.717) is 36.6 Å². The number of hydrogen-bond acceptors (Lipinski definition) is 3. The minimum atomic E-state index is -0.910. The molecule has 142 valence electrons. The van der Waals surface area contributed by atoms with Crippen LogP contribution >= 0.6 is 0 Å². The van der Waals surface area contributed by atoms with Crippen LogP contribution in [0.25, 0.3) is 0 Å². The quantitative estimate of drug-likeness (QED) is 0.868. The smallest absolute Gasteiger partial charge is 0.335 e. The molecule has 27 heavy (non-hydrogen) atoms. The molecule has 0 spiro atoms. The maximum atomic E-state index is 12.8. The molecule has 3 rings (SSSR count). The first-order valence-electron chi connectivity index (χ1n) is 9.18. The number of piperidine rings is 1. The lowest BCUT2D eigenvalue weighted by molar-refractivity contribution is 0.0688. The van der Waals surface area contributed by atoms with Crippen LogP contribution in [0.5, 0.6) is 0 Å². The Morgan fingerprint density at radius 1 is 1.19 bits per heavy atom. The lowest BCUT2D eigenvalue weighted by Gasteiger charge is -2.32. The number of pyridine rings is 1. The summed E-state index contributed by atoms with van der Waals surface area (Å²) in [7, 11) is 0. The summed E-state index contributed by atoms with van der Waals surface area (Å²) < 4.78 is 0. The van der Waals surface area contributed by atoms with E-state index in [1.54, 1.807) is 30.9 Å². The van der Waals surface area contributed by atoms with E-state index in [1.807, 2.05) is 18.2 Å². The molecule has 2 aromatic rings. The van der Waals surface area contributed by atoms with Gasteiger partial charge in [0.2, 0.25) is 0 Å².